The highest BCUT2D eigenvalue weighted by Gasteiger charge is 2.09. The Balaban J connectivity index is 2.68. The van der Waals surface area contributed by atoms with Gasteiger partial charge in [0, 0.05) is 16.0 Å². The highest BCUT2D eigenvalue weighted by Crippen LogP contribution is 2.21. The number of hydrogen-bond acceptors (Lipinski definition) is 2. The Morgan fingerprint density at radius 1 is 1.44 bits per heavy atom. The minimum Gasteiger partial charge on any atom is -0.212 e. The minimum absolute atomic E-state index is 0.140. The number of nitrogens with one attached hydrogen (secondary N) is 1. The second-order valence-corrected chi connectivity index (χ2v) is 6.63. The predicted octanol–water partition coefficient (Wildman–Crippen LogP) is 2.93. The summed E-state index contributed by atoms with van der Waals surface area (Å²) in [5, 5.41) is 0.550. The molecule has 0 radical (unpaired) electrons. The van der Waals surface area contributed by atoms with E-state index in [1.54, 1.807) is 12.1 Å². The molecule has 1 N–H and O–H groups in total. The summed E-state index contributed by atoms with van der Waals surface area (Å²) < 4.78 is 26.2. The van der Waals surface area contributed by atoms with Gasteiger partial charge in [0.05, 0.1) is 5.75 Å². The van der Waals surface area contributed by atoms with Crippen LogP contribution in [-0.2, 0) is 16.6 Å². The average molecular weight is 327 g/mol. The molecule has 1 aromatic rings. The van der Waals surface area contributed by atoms with Crippen molar-refractivity contribution in [1.82, 2.24) is 4.72 Å². The van der Waals surface area contributed by atoms with E-state index in [0.29, 0.717) is 11.4 Å². The molecule has 1 aromatic carbocycles. The van der Waals surface area contributed by atoms with Crippen LogP contribution in [-0.4, -0.2) is 14.2 Å². The van der Waals surface area contributed by atoms with Gasteiger partial charge in [-0.25, -0.2) is 13.1 Å². The van der Waals surface area contributed by atoms with Gasteiger partial charge >= 0.3 is 0 Å². The Hall–Kier alpha value is -0.100. The van der Waals surface area contributed by atoms with E-state index in [-0.39, 0.29) is 12.3 Å². The molecule has 0 atom stereocenters. The first-order valence-corrected chi connectivity index (χ1v) is 7.68. The molecule has 0 aliphatic rings. The number of rotatable bonds is 5. The van der Waals surface area contributed by atoms with Crippen molar-refractivity contribution in [2.24, 2.45) is 0 Å². The van der Waals surface area contributed by atoms with Crippen molar-refractivity contribution < 1.29 is 8.42 Å². The van der Waals surface area contributed by atoms with Gasteiger partial charge in [0.2, 0.25) is 10.0 Å². The number of benzene rings is 1. The largest absolute Gasteiger partial charge is 0.212 e. The van der Waals surface area contributed by atoms with E-state index in [9.17, 15) is 8.42 Å². The lowest BCUT2D eigenvalue weighted by Gasteiger charge is -2.07. The first-order chi connectivity index (χ1) is 7.44. The van der Waals surface area contributed by atoms with Crippen LogP contribution in [0.15, 0.2) is 22.7 Å². The molecule has 0 bridgehead atoms. The molecule has 0 heterocycles. The fourth-order valence-electron chi connectivity index (χ4n) is 1.19. The first kappa shape index (κ1) is 14.0. The van der Waals surface area contributed by atoms with Crippen molar-refractivity contribution in [2.75, 3.05) is 5.75 Å². The Morgan fingerprint density at radius 3 is 2.69 bits per heavy atom. The molecule has 0 aliphatic carbocycles. The fourth-order valence-corrected chi connectivity index (χ4v) is 2.99. The molecule has 0 saturated heterocycles. The lowest BCUT2D eigenvalue weighted by atomic mass is 10.2. The van der Waals surface area contributed by atoms with Crippen LogP contribution in [0.3, 0.4) is 0 Å². The van der Waals surface area contributed by atoms with Gasteiger partial charge in [-0.05, 0) is 24.1 Å². The summed E-state index contributed by atoms with van der Waals surface area (Å²) in [6, 6.07) is 5.36. The maximum Gasteiger partial charge on any atom is 0.211 e. The van der Waals surface area contributed by atoms with E-state index in [0.717, 1.165) is 10.0 Å². The Kier molecular flexibility index (Phi) is 5.24. The molecule has 90 valence electrons. The summed E-state index contributed by atoms with van der Waals surface area (Å²) in [7, 11) is -3.18. The maximum atomic E-state index is 11.4. The molecule has 6 heteroatoms. The zero-order valence-electron chi connectivity index (χ0n) is 8.83. The third kappa shape index (κ3) is 4.41. The molecule has 0 aromatic heterocycles. The highest BCUT2D eigenvalue weighted by molar-refractivity contribution is 9.10. The van der Waals surface area contributed by atoms with Crippen LogP contribution in [0.5, 0.6) is 0 Å². The summed E-state index contributed by atoms with van der Waals surface area (Å²) in [6.07, 6.45) is 0.601. The van der Waals surface area contributed by atoms with Crippen LogP contribution >= 0.6 is 27.5 Å². The Morgan fingerprint density at radius 2 is 2.12 bits per heavy atom. The normalized spacial score (nSPS) is 11.7. The van der Waals surface area contributed by atoms with Crippen molar-refractivity contribution in [3.8, 4) is 0 Å². The fraction of sp³-hybridized carbons (Fsp3) is 0.400. The number of hydrogen-bond donors (Lipinski definition) is 1. The van der Waals surface area contributed by atoms with Gasteiger partial charge in [-0.1, -0.05) is 40.5 Å². The summed E-state index contributed by atoms with van der Waals surface area (Å²) in [4.78, 5) is 0. The van der Waals surface area contributed by atoms with E-state index >= 15 is 0 Å². The molecular weight excluding hydrogens is 314 g/mol. The average Bonchev–Trinajstić information content (AvgIpc) is 2.16. The maximum absolute atomic E-state index is 11.4. The number of halogens is 2. The lowest BCUT2D eigenvalue weighted by molar-refractivity contribution is 0.580. The van der Waals surface area contributed by atoms with Crippen molar-refractivity contribution in [3.63, 3.8) is 0 Å². The summed E-state index contributed by atoms with van der Waals surface area (Å²) in [6.45, 7) is 2.06. The summed E-state index contributed by atoms with van der Waals surface area (Å²) >= 11 is 9.26. The lowest BCUT2D eigenvalue weighted by Crippen LogP contribution is -2.25. The van der Waals surface area contributed by atoms with E-state index < -0.39 is 10.0 Å². The molecule has 0 unspecified atom stereocenters. The van der Waals surface area contributed by atoms with E-state index in [4.69, 9.17) is 11.6 Å². The Labute approximate surface area is 109 Å². The van der Waals surface area contributed by atoms with Crippen LogP contribution in [0.4, 0.5) is 0 Å². The van der Waals surface area contributed by atoms with Gasteiger partial charge in [-0.2, -0.15) is 0 Å². The third-order valence-corrected chi connectivity index (χ3v) is 4.35. The van der Waals surface area contributed by atoms with Crippen LogP contribution in [0.25, 0.3) is 0 Å². The molecular formula is C10H13BrClNO2S. The smallest absolute Gasteiger partial charge is 0.211 e. The molecule has 1 rings (SSSR count). The van der Waals surface area contributed by atoms with Crippen LogP contribution in [0.1, 0.15) is 18.9 Å². The molecule has 0 saturated carbocycles. The zero-order chi connectivity index (χ0) is 12.2. The molecule has 0 aliphatic heterocycles. The van der Waals surface area contributed by atoms with Crippen LogP contribution in [0, 0.1) is 0 Å². The molecule has 0 amide bonds. The monoisotopic (exact) mass is 325 g/mol. The Bertz CT molecular complexity index is 462. The van der Waals surface area contributed by atoms with Crippen molar-refractivity contribution in [3.05, 3.63) is 33.3 Å². The second-order valence-electron chi connectivity index (χ2n) is 3.38. The first-order valence-electron chi connectivity index (χ1n) is 4.86. The van der Waals surface area contributed by atoms with Gasteiger partial charge in [-0.15, -0.1) is 0 Å². The van der Waals surface area contributed by atoms with Gasteiger partial charge in [0.25, 0.3) is 0 Å². The van der Waals surface area contributed by atoms with Gasteiger partial charge in [0.15, 0.2) is 0 Å². The van der Waals surface area contributed by atoms with Crippen molar-refractivity contribution in [2.45, 2.75) is 19.9 Å². The highest BCUT2D eigenvalue weighted by atomic mass is 79.9. The standard InChI is InChI=1S/C10H13BrClNO2S/c1-2-5-16(14,15)13-7-8-3-4-9(11)6-10(8)12/h3-4,6,13H,2,5,7H2,1H3. The molecule has 0 fully saturated rings. The van der Waals surface area contributed by atoms with Gasteiger partial charge in [0.1, 0.15) is 0 Å². The quantitative estimate of drug-likeness (QED) is 0.904. The van der Waals surface area contributed by atoms with Crippen LogP contribution in [0.2, 0.25) is 5.02 Å². The zero-order valence-corrected chi connectivity index (χ0v) is 12.0. The van der Waals surface area contributed by atoms with Gasteiger partial charge < -0.3 is 0 Å². The third-order valence-electron chi connectivity index (χ3n) is 1.97. The molecule has 0 spiro atoms. The van der Waals surface area contributed by atoms with E-state index in [1.165, 1.54) is 0 Å². The molecule has 3 nitrogen and oxygen atoms in total. The van der Waals surface area contributed by atoms with Crippen LogP contribution < -0.4 is 4.72 Å². The minimum atomic E-state index is -3.18. The second kappa shape index (κ2) is 6.00. The van der Waals surface area contributed by atoms with Crippen molar-refractivity contribution >= 4 is 37.6 Å². The topological polar surface area (TPSA) is 46.2 Å². The van der Waals surface area contributed by atoms with E-state index in [1.807, 2.05) is 13.0 Å². The SMILES string of the molecule is CCCS(=O)(=O)NCc1ccc(Br)cc1Cl. The predicted molar refractivity (Wildman–Crippen MR) is 70.1 cm³/mol. The van der Waals surface area contributed by atoms with Gasteiger partial charge in [-0.3, -0.25) is 0 Å². The summed E-state index contributed by atoms with van der Waals surface area (Å²) in [5.41, 5.74) is 0.768. The van der Waals surface area contributed by atoms with E-state index in [2.05, 4.69) is 20.7 Å². The molecule has 16 heavy (non-hydrogen) atoms. The van der Waals surface area contributed by atoms with Crippen molar-refractivity contribution in [1.29, 1.82) is 0 Å². The number of sulfonamides is 1. The summed E-state index contributed by atoms with van der Waals surface area (Å²) in [5.74, 6) is 0.140.